The Morgan fingerprint density at radius 1 is 1.21 bits per heavy atom. The van der Waals surface area contributed by atoms with Gasteiger partial charge in [0.05, 0.1) is 12.3 Å². The number of rotatable bonds is 5. The van der Waals surface area contributed by atoms with Gasteiger partial charge in [-0.05, 0) is 38.5 Å². The standard InChI is InChI=1S/C20H32N4O4S/c1-2-3-15-29(26,27)24-12-7-20(8-13-24)19-21-9-14-23(19)16-17(28-20)18(25)22-10-5-4-6-11-22/h9,14,17H,2-8,10-13,15-16H2,1H3/t17-/m0/s1. The normalized spacial score (nSPS) is 25.1. The molecule has 0 aliphatic carbocycles. The zero-order valence-corrected chi connectivity index (χ0v) is 18.1. The monoisotopic (exact) mass is 424 g/mol. The molecule has 4 rings (SSSR count). The third-order valence-electron chi connectivity index (χ3n) is 6.48. The van der Waals surface area contributed by atoms with Crippen LogP contribution in [-0.4, -0.2) is 71.1 Å². The van der Waals surface area contributed by atoms with Crippen LogP contribution in [-0.2, 0) is 31.7 Å². The molecular formula is C20H32N4O4S. The number of carbonyl (C=O) groups is 1. The van der Waals surface area contributed by atoms with E-state index in [4.69, 9.17) is 4.74 Å². The number of hydrogen-bond donors (Lipinski definition) is 0. The minimum absolute atomic E-state index is 0.0569. The van der Waals surface area contributed by atoms with Crippen LogP contribution in [0.2, 0.25) is 0 Å². The molecule has 1 amide bonds. The molecule has 2 saturated heterocycles. The second-order valence-corrected chi connectivity index (χ2v) is 10.5. The Kier molecular flexibility index (Phi) is 5.99. The molecule has 1 aromatic rings. The van der Waals surface area contributed by atoms with Crippen molar-refractivity contribution in [2.75, 3.05) is 31.9 Å². The van der Waals surface area contributed by atoms with Gasteiger partial charge in [0.15, 0.2) is 6.10 Å². The molecule has 4 heterocycles. The molecule has 9 heteroatoms. The molecule has 0 unspecified atom stereocenters. The summed E-state index contributed by atoms with van der Waals surface area (Å²) >= 11 is 0. The highest BCUT2D eigenvalue weighted by atomic mass is 32.2. The first kappa shape index (κ1) is 20.8. The lowest BCUT2D eigenvalue weighted by molar-refractivity contribution is -0.179. The number of piperidine rings is 2. The number of nitrogens with zero attached hydrogens (tertiary/aromatic N) is 4. The van der Waals surface area contributed by atoms with Crippen molar-refractivity contribution in [2.45, 2.75) is 70.1 Å². The quantitative estimate of drug-likeness (QED) is 0.719. The number of amides is 1. The van der Waals surface area contributed by atoms with E-state index in [9.17, 15) is 13.2 Å². The summed E-state index contributed by atoms with van der Waals surface area (Å²) in [6.45, 7) is 4.88. The third-order valence-corrected chi connectivity index (χ3v) is 8.43. The Morgan fingerprint density at radius 2 is 1.93 bits per heavy atom. The largest absolute Gasteiger partial charge is 0.352 e. The average Bonchev–Trinajstić information content (AvgIpc) is 3.22. The zero-order chi connectivity index (χ0) is 20.5. The van der Waals surface area contributed by atoms with Crippen LogP contribution >= 0.6 is 0 Å². The fourth-order valence-corrected chi connectivity index (χ4v) is 6.42. The summed E-state index contributed by atoms with van der Waals surface area (Å²) in [5.74, 6) is 1.08. The highest BCUT2D eigenvalue weighted by molar-refractivity contribution is 7.89. The Morgan fingerprint density at radius 3 is 2.62 bits per heavy atom. The number of sulfonamides is 1. The Balaban J connectivity index is 1.50. The molecule has 0 radical (unpaired) electrons. The second-order valence-electron chi connectivity index (χ2n) is 8.46. The molecule has 0 N–H and O–H groups in total. The first-order valence-corrected chi connectivity index (χ1v) is 12.5. The van der Waals surface area contributed by atoms with Crippen molar-refractivity contribution in [2.24, 2.45) is 0 Å². The first-order chi connectivity index (χ1) is 14.0. The van der Waals surface area contributed by atoms with Crippen LogP contribution in [0.3, 0.4) is 0 Å². The number of hydrogen-bond acceptors (Lipinski definition) is 5. The van der Waals surface area contributed by atoms with E-state index >= 15 is 0 Å². The number of imidazole rings is 1. The van der Waals surface area contributed by atoms with Crippen molar-refractivity contribution < 1.29 is 17.9 Å². The summed E-state index contributed by atoms with van der Waals surface area (Å²) in [5, 5.41) is 0. The molecule has 3 aliphatic heterocycles. The van der Waals surface area contributed by atoms with Gasteiger partial charge in [-0.1, -0.05) is 13.3 Å². The molecular weight excluding hydrogens is 392 g/mol. The van der Waals surface area contributed by atoms with Crippen molar-refractivity contribution in [3.63, 3.8) is 0 Å². The average molecular weight is 425 g/mol. The van der Waals surface area contributed by atoms with Gasteiger partial charge in [0.2, 0.25) is 10.0 Å². The molecule has 162 valence electrons. The SMILES string of the molecule is CCCCS(=O)(=O)N1CCC2(CC1)O[C@H](C(=O)N1CCCCC1)Cn1ccnc12. The van der Waals surface area contributed by atoms with Crippen molar-refractivity contribution in [1.82, 2.24) is 18.8 Å². The minimum Gasteiger partial charge on any atom is -0.352 e. The van der Waals surface area contributed by atoms with Crippen LogP contribution in [0.25, 0.3) is 0 Å². The molecule has 0 saturated carbocycles. The van der Waals surface area contributed by atoms with Crippen molar-refractivity contribution in [3.8, 4) is 0 Å². The molecule has 0 bridgehead atoms. The summed E-state index contributed by atoms with van der Waals surface area (Å²) in [6, 6.07) is 0. The zero-order valence-electron chi connectivity index (χ0n) is 17.3. The van der Waals surface area contributed by atoms with Crippen molar-refractivity contribution in [1.29, 1.82) is 0 Å². The summed E-state index contributed by atoms with van der Waals surface area (Å²) in [4.78, 5) is 19.6. The van der Waals surface area contributed by atoms with Gasteiger partial charge in [-0.25, -0.2) is 17.7 Å². The van der Waals surface area contributed by atoms with E-state index in [0.717, 1.165) is 38.2 Å². The molecule has 3 aliphatic rings. The van der Waals surface area contributed by atoms with Gasteiger partial charge < -0.3 is 14.2 Å². The van der Waals surface area contributed by atoms with Crippen LogP contribution in [0.5, 0.6) is 0 Å². The Labute approximate surface area is 173 Å². The predicted molar refractivity (Wildman–Crippen MR) is 109 cm³/mol. The molecule has 29 heavy (non-hydrogen) atoms. The van der Waals surface area contributed by atoms with Gasteiger partial charge in [-0.15, -0.1) is 0 Å². The van der Waals surface area contributed by atoms with Crippen LogP contribution in [0.1, 0.15) is 57.7 Å². The van der Waals surface area contributed by atoms with E-state index in [-0.39, 0.29) is 11.7 Å². The smallest absolute Gasteiger partial charge is 0.253 e. The van der Waals surface area contributed by atoms with E-state index in [1.54, 1.807) is 10.5 Å². The van der Waals surface area contributed by atoms with E-state index in [1.165, 1.54) is 6.42 Å². The topological polar surface area (TPSA) is 84.7 Å². The van der Waals surface area contributed by atoms with E-state index in [1.807, 2.05) is 22.6 Å². The molecule has 8 nitrogen and oxygen atoms in total. The fourth-order valence-electron chi connectivity index (χ4n) is 4.77. The van der Waals surface area contributed by atoms with Gasteiger partial charge in [0.1, 0.15) is 11.4 Å². The number of aromatic nitrogens is 2. The summed E-state index contributed by atoms with van der Waals surface area (Å²) in [6.07, 6.45) is 8.98. The van der Waals surface area contributed by atoms with Crippen molar-refractivity contribution >= 4 is 15.9 Å². The summed E-state index contributed by atoms with van der Waals surface area (Å²) in [7, 11) is -3.24. The minimum atomic E-state index is -3.24. The van der Waals surface area contributed by atoms with Crippen LogP contribution in [0.4, 0.5) is 0 Å². The lowest BCUT2D eigenvalue weighted by Crippen LogP contribution is -2.55. The molecule has 1 aromatic heterocycles. The lowest BCUT2D eigenvalue weighted by atomic mass is 9.89. The maximum Gasteiger partial charge on any atom is 0.253 e. The van der Waals surface area contributed by atoms with Gasteiger partial charge in [-0.2, -0.15) is 0 Å². The molecule has 1 atom stereocenters. The third kappa shape index (κ3) is 4.09. The van der Waals surface area contributed by atoms with Crippen molar-refractivity contribution in [3.05, 3.63) is 18.2 Å². The lowest BCUT2D eigenvalue weighted by Gasteiger charge is -2.46. The Bertz CT molecular complexity index is 823. The number of likely N-dealkylation sites (tertiary alicyclic amines) is 1. The first-order valence-electron chi connectivity index (χ1n) is 10.9. The highest BCUT2D eigenvalue weighted by Gasteiger charge is 2.49. The fraction of sp³-hybridized carbons (Fsp3) is 0.800. The van der Waals surface area contributed by atoms with Gasteiger partial charge >= 0.3 is 0 Å². The van der Waals surface area contributed by atoms with Gasteiger partial charge in [-0.3, -0.25) is 4.79 Å². The van der Waals surface area contributed by atoms with Gasteiger partial charge in [0, 0.05) is 38.6 Å². The predicted octanol–water partition coefficient (Wildman–Crippen LogP) is 1.72. The second kappa shape index (κ2) is 8.35. The number of carbonyl (C=O) groups excluding carboxylic acids is 1. The number of fused-ring (bicyclic) bond motifs is 2. The van der Waals surface area contributed by atoms with Crippen LogP contribution in [0, 0.1) is 0 Å². The molecule has 2 fully saturated rings. The molecule has 0 aromatic carbocycles. The van der Waals surface area contributed by atoms with E-state index in [0.29, 0.717) is 38.9 Å². The molecule has 1 spiro atoms. The van der Waals surface area contributed by atoms with Crippen LogP contribution in [0.15, 0.2) is 12.4 Å². The number of unbranched alkanes of at least 4 members (excludes halogenated alkanes) is 1. The maximum atomic E-state index is 13.1. The summed E-state index contributed by atoms with van der Waals surface area (Å²) < 4.78 is 35.3. The van der Waals surface area contributed by atoms with Crippen LogP contribution < -0.4 is 0 Å². The van der Waals surface area contributed by atoms with E-state index < -0.39 is 21.7 Å². The van der Waals surface area contributed by atoms with Gasteiger partial charge in [0.25, 0.3) is 5.91 Å². The highest BCUT2D eigenvalue weighted by Crippen LogP contribution is 2.41. The Hall–Kier alpha value is -1.45. The van der Waals surface area contributed by atoms with E-state index in [2.05, 4.69) is 4.98 Å². The summed E-state index contributed by atoms with van der Waals surface area (Å²) in [5.41, 5.74) is -0.686. The maximum absolute atomic E-state index is 13.1. The number of ether oxygens (including phenoxy) is 1.